The Labute approximate surface area is 242 Å². The average Bonchev–Trinajstić information content (AvgIpc) is 3.31. The summed E-state index contributed by atoms with van der Waals surface area (Å²) in [6.45, 7) is 0. The fourth-order valence-corrected chi connectivity index (χ4v) is 3.26. The Hall–Kier alpha value is -5.30. The zero-order valence-electron chi connectivity index (χ0n) is 21.6. The molecule has 0 aliphatic heterocycles. The molecular formula is C25H15F11N4O5. The van der Waals surface area contributed by atoms with Gasteiger partial charge in [0, 0.05) is 18.2 Å². The number of alkyl halides is 9. The summed E-state index contributed by atoms with van der Waals surface area (Å²) in [5.41, 5.74) is -0.289. The lowest BCUT2D eigenvalue weighted by atomic mass is 10.1. The molecule has 4 aromatic rings. The molecule has 3 aromatic heterocycles. The lowest BCUT2D eigenvalue weighted by Crippen LogP contribution is -2.41. The smallest absolute Gasteiger partial charge is 0.430 e. The van der Waals surface area contributed by atoms with Gasteiger partial charge in [-0.1, -0.05) is 12.1 Å². The second-order valence-electron chi connectivity index (χ2n) is 8.27. The number of H-pyrrole nitrogens is 2. The van der Waals surface area contributed by atoms with E-state index >= 15 is 0 Å². The molecule has 0 saturated heterocycles. The minimum absolute atomic E-state index is 0.0505. The number of nitrogens with one attached hydrogen (secondary N) is 3. The molecule has 242 valence electrons. The van der Waals surface area contributed by atoms with E-state index in [1.165, 1.54) is 47.1 Å². The molecule has 0 bridgehead atoms. The number of rotatable bonds is 4. The van der Waals surface area contributed by atoms with E-state index in [1.807, 2.05) is 5.32 Å². The molecule has 4 rings (SSSR count). The Morgan fingerprint density at radius 3 is 1.84 bits per heavy atom. The highest BCUT2D eigenvalue weighted by Gasteiger charge is 2.46. The first-order chi connectivity index (χ1) is 20.6. The molecule has 9 nitrogen and oxygen atoms in total. The number of fused-ring (bicyclic) bond motifs is 1. The molecule has 0 fully saturated rings. The minimum atomic E-state index is -5.19. The maximum Gasteiger partial charge on any atom is 0.430 e. The molecule has 1 atom stereocenters. The SMILES string of the molecule is O=C(NC(c1cccc[nH+]1)C(F)(F)F)c1[nH]c(-c2ccc(F)cc2F)[n+]2ccccc12.O=C([O-])C(F)(F)F.O=C([O-])C(F)(F)F. The number of aliphatic carboxylic acids is 2. The summed E-state index contributed by atoms with van der Waals surface area (Å²) >= 11 is 0. The highest BCUT2D eigenvalue weighted by Crippen LogP contribution is 2.31. The van der Waals surface area contributed by atoms with Gasteiger partial charge in [0.2, 0.25) is 17.4 Å². The van der Waals surface area contributed by atoms with Crippen molar-refractivity contribution in [3.05, 3.63) is 90.0 Å². The number of carbonyl (C=O) groups excluding carboxylic acids is 3. The number of carboxylic acid groups (broad SMARTS) is 2. The van der Waals surface area contributed by atoms with Crippen molar-refractivity contribution in [1.82, 2.24) is 10.3 Å². The van der Waals surface area contributed by atoms with Gasteiger partial charge in [0.15, 0.2) is 11.7 Å². The van der Waals surface area contributed by atoms with Gasteiger partial charge in [-0.15, -0.1) is 0 Å². The quantitative estimate of drug-likeness (QED) is 0.255. The van der Waals surface area contributed by atoms with E-state index in [0.29, 0.717) is 6.07 Å². The van der Waals surface area contributed by atoms with Gasteiger partial charge in [0.25, 0.3) is 11.7 Å². The Kier molecular flexibility index (Phi) is 11.2. The van der Waals surface area contributed by atoms with Crippen molar-refractivity contribution < 1.29 is 82.3 Å². The molecule has 3 N–H and O–H groups in total. The summed E-state index contributed by atoms with van der Waals surface area (Å²) in [4.78, 5) is 35.6. The normalized spacial score (nSPS) is 12.2. The Morgan fingerprint density at radius 2 is 1.38 bits per heavy atom. The number of hydrogen-bond donors (Lipinski definition) is 2. The summed E-state index contributed by atoms with van der Waals surface area (Å²) in [6.07, 6.45) is -12.3. The van der Waals surface area contributed by atoms with Crippen LogP contribution in [-0.2, 0) is 9.59 Å². The first kappa shape index (κ1) is 35.9. The van der Waals surface area contributed by atoms with Crippen LogP contribution in [0.1, 0.15) is 22.2 Å². The Bertz CT molecular complexity index is 1630. The van der Waals surface area contributed by atoms with Gasteiger partial charge in [-0.05, 0) is 24.3 Å². The third-order valence-corrected chi connectivity index (χ3v) is 5.12. The number of aromatic amines is 2. The predicted octanol–water partition coefficient (Wildman–Crippen LogP) is 2.14. The fraction of sp³-hybridized carbons (Fsp3) is 0.160. The standard InChI is InChI=1S/C21H13F5N4O.2C2HF3O2/c22-12-7-8-13(14(23)11-12)19-28-17(16-6-2-4-10-30(16)19)20(31)29-18(21(24,25)26)15-5-1-3-9-27-15;2*3-2(4,5)1(6)7/h1-11,18H,(H,29,31);2*(H,6,7). The van der Waals surface area contributed by atoms with Crippen LogP contribution in [-0.4, -0.2) is 41.4 Å². The number of imidazole rings is 1. The second-order valence-corrected chi connectivity index (χ2v) is 8.27. The summed E-state index contributed by atoms with van der Waals surface area (Å²) in [7, 11) is 0. The van der Waals surface area contributed by atoms with Gasteiger partial charge in [0.05, 0.1) is 6.20 Å². The highest BCUT2D eigenvalue weighted by molar-refractivity contribution is 5.98. The van der Waals surface area contributed by atoms with Gasteiger partial charge in [-0.3, -0.25) is 4.79 Å². The van der Waals surface area contributed by atoms with Crippen LogP contribution in [0.2, 0.25) is 0 Å². The van der Waals surface area contributed by atoms with E-state index < -0.39 is 54.1 Å². The number of carbonyl (C=O) groups is 3. The predicted molar refractivity (Wildman–Crippen MR) is 121 cm³/mol. The first-order valence-corrected chi connectivity index (χ1v) is 11.5. The third kappa shape index (κ3) is 9.86. The molecule has 0 saturated carbocycles. The molecule has 1 aromatic carbocycles. The summed E-state index contributed by atoms with van der Waals surface area (Å²) in [6, 6.07) is 9.40. The topological polar surface area (TPSA) is 143 Å². The maximum atomic E-state index is 14.3. The zero-order valence-corrected chi connectivity index (χ0v) is 21.6. The van der Waals surface area contributed by atoms with Crippen LogP contribution in [0.3, 0.4) is 0 Å². The van der Waals surface area contributed by atoms with Gasteiger partial charge in [0.1, 0.15) is 29.1 Å². The number of carboxylic acids is 2. The van der Waals surface area contributed by atoms with Crippen molar-refractivity contribution in [2.45, 2.75) is 24.6 Å². The minimum Gasteiger partial charge on any atom is -0.542 e. The van der Waals surface area contributed by atoms with Crippen molar-refractivity contribution in [3.63, 3.8) is 0 Å². The second kappa shape index (κ2) is 14.0. The molecule has 45 heavy (non-hydrogen) atoms. The molecule has 0 aliphatic carbocycles. The van der Waals surface area contributed by atoms with E-state index in [9.17, 15) is 53.1 Å². The van der Waals surface area contributed by atoms with E-state index in [-0.39, 0.29) is 28.3 Å². The number of halogens is 11. The van der Waals surface area contributed by atoms with Crippen LogP contribution >= 0.6 is 0 Å². The van der Waals surface area contributed by atoms with E-state index in [1.54, 1.807) is 12.1 Å². The van der Waals surface area contributed by atoms with Crippen LogP contribution in [0.5, 0.6) is 0 Å². The van der Waals surface area contributed by atoms with Gasteiger partial charge in [-0.25, -0.2) is 18.7 Å². The van der Waals surface area contributed by atoms with Crippen molar-refractivity contribution in [2.24, 2.45) is 0 Å². The largest absolute Gasteiger partial charge is 0.542 e. The first-order valence-electron chi connectivity index (χ1n) is 11.5. The summed E-state index contributed by atoms with van der Waals surface area (Å²) in [5.74, 6) is -8.66. The lowest BCUT2D eigenvalue weighted by molar-refractivity contribution is -0.498. The molecule has 20 heteroatoms. The maximum absolute atomic E-state index is 14.3. The summed E-state index contributed by atoms with van der Waals surface area (Å²) < 4.78 is 133. The van der Waals surface area contributed by atoms with Crippen molar-refractivity contribution in [3.8, 4) is 11.4 Å². The zero-order chi connectivity index (χ0) is 34.3. The van der Waals surface area contributed by atoms with Crippen LogP contribution in [0.25, 0.3) is 16.9 Å². The van der Waals surface area contributed by atoms with Gasteiger partial charge >= 0.3 is 18.5 Å². The van der Waals surface area contributed by atoms with Crippen LogP contribution in [0.15, 0.2) is 67.0 Å². The van der Waals surface area contributed by atoms with Crippen molar-refractivity contribution in [1.29, 1.82) is 0 Å². The number of nitrogens with zero attached hydrogens (tertiary/aromatic N) is 1. The van der Waals surface area contributed by atoms with E-state index in [2.05, 4.69) is 9.97 Å². The van der Waals surface area contributed by atoms with Crippen LogP contribution < -0.4 is 24.9 Å². The molecule has 0 spiro atoms. The Morgan fingerprint density at radius 1 is 0.822 bits per heavy atom. The van der Waals surface area contributed by atoms with E-state index in [0.717, 1.165) is 6.07 Å². The Balaban J connectivity index is 0.000000421. The number of benzene rings is 1. The van der Waals surface area contributed by atoms with Crippen molar-refractivity contribution >= 4 is 23.4 Å². The van der Waals surface area contributed by atoms with E-state index in [4.69, 9.17) is 19.8 Å². The monoisotopic (exact) mass is 660 g/mol. The number of amides is 1. The fourth-order valence-electron chi connectivity index (χ4n) is 3.26. The lowest BCUT2D eigenvalue weighted by Gasteiger charge is -2.17. The molecule has 3 heterocycles. The van der Waals surface area contributed by atoms with Gasteiger partial charge in [-0.2, -0.15) is 43.9 Å². The van der Waals surface area contributed by atoms with Gasteiger partial charge < -0.3 is 25.1 Å². The summed E-state index contributed by atoms with van der Waals surface area (Å²) in [5, 5.41) is 19.5. The molecule has 0 radical (unpaired) electrons. The molecular weight excluding hydrogens is 645 g/mol. The van der Waals surface area contributed by atoms with Crippen molar-refractivity contribution in [2.75, 3.05) is 0 Å². The number of aromatic nitrogens is 3. The van der Waals surface area contributed by atoms with Crippen LogP contribution in [0, 0.1) is 11.6 Å². The number of hydrogen-bond acceptors (Lipinski definition) is 5. The average molecular weight is 660 g/mol. The highest BCUT2D eigenvalue weighted by atomic mass is 19.4. The molecule has 1 unspecified atom stereocenters. The molecule has 0 aliphatic rings. The third-order valence-electron chi connectivity index (χ3n) is 5.12. The van der Waals surface area contributed by atoms with Crippen LogP contribution in [0.4, 0.5) is 48.3 Å². The molecule has 1 amide bonds. The number of pyridine rings is 2.